The number of hydrogen-bond acceptors (Lipinski definition) is 6. The number of halogens is 2. The molecule has 0 saturated heterocycles. The fraction of sp³-hybridized carbons (Fsp3) is 0.0455. The van der Waals surface area contributed by atoms with Gasteiger partial charge >= 0.3 is 0 Å². The summed E-state index contributed by atoms with van der Waals surface area (Å²) in [5.41, 5.74) is 3.93. The van der Waals surface area contributed by atoms with E-state index in [-0.39, 0.29) is 5.24 Å². The lowest BCUT2D eigenvalue weighted by molar-refractivity contribution is 0.269. The first-order valence-corrected chi connectivity index (χ1v) is 11.3. The van der Waals surface area contributed by atoms with E-state index in [9.17, 15) is 4.79 Å². The Morgan fingerprint density at radius 1 is 1.00 bits per heavy atom. The van der Waals surface area contributed by atoms with Crippen molar-refractivity contribution in [2.75, 3.05) is 5.32 Å². The Morgan fingerprint density at radius 2 is 1.73 bits per heavy atom. The number of nitrogens with one attached hydrogen (secondary N) is 1. The predicted octanol–water partition coefficient (Wildman–Crippen LogP) is 5.85. The van der Waals surface area contributed by atoms with Crippen molar-refractivity contribution in [2.45, 2.75) is 5.16 Å². The molecule has 2 heterocycles. The van der Waals surface area contributed by atoms with E-state index in [1.54, 1.807) is 12.1 Å². The highest BCUT2D eigenvalue weighted by Gasteiger charge is 2.15. The third kappa shape index (κ3) is 4.30. The molecule has 5 aromatic rings. The molecule has 5 rings (SSSR count). The van der Waals surface area contributed by atoms with Crippen molar-refractivity contribution in [1.29, 1.82) is 0 Å². The number of anilines is 1. The molecule has 1 amide bonds. The number of hydrogen-bond donors (Lipinski definition) is 1. The molecule has 1 N–H and O–H groups in total. The summed E-state index contributed by atoms with van der Waals surface area (Å²) >= 11 is 13.2. The lowest BCUT2D eigenvalue weighted by Crippen LogP contribution is -2.07. The molecule has 0 spiro atoms. The maximum absolute atomic E-state index is 12.6. The molecule has 8 nitrogen and oxygen atoms in total. The van der Waals surface area contributed by atoms with Gasteiger partial charge in [0.15, 0.2) is 0 Å². The topological polar surface area (TPSA) is 90.5 Å². The Morgan fingerprint density at radius 3 is 2.48 bits per heavy atom. The van der Waals surface area contributed by atoms with Crippen LogP contribution in [0.2, 0.25) is 10.0 Å². The summed E-state index contributed by atoms with van der Waals surface area (Å²) in [5.74, 6) is 0.762. The van der Waals surface area contributed by atoms with Gasteiger partial charge in [-0.25, -0.2) is 4.98 Å². The minimum absolute atomic E-state index is 0.304. The number of nitrogens with zero attached hydrogens (tertiary/aromatic N) is 6. The minimum Gasteiger partial charge on any atom is -0.327 e. The van der Waals surface area contributed by atoms with E-state index in [2.05, 4.69) is 25.8 Å². The Bertz CT molecular complexity index is 1470. The molecule has 164 valence electrons. The van der Waals surface area contributed by atoms with E-state index >= 15 is 0 Å². The maximum atomic E-state index is 12.6. The summed E-state index contributed by atoms with van der Waals surface area (Å²) in [6.45, 7) is 0. The standard InChI is InChI=1S/C22H15Cl2N7OS/c1-30-19-12-17(24)16(23)11-18(19)26-20(30)13-7-9-14(10-8-13)25-22(32)33-21-27-28-29-31(21)15-5-3-2-4-6-15/h2-12H,1H3,(H,25,32). The lowest BCUT2D eigenvalue weighted by Gasteiger charge is -2.07. The maximum Gasteiger partial charge on any atom is 0.291 e. The van der Waals surface area contributed by atoms with E-state index < -0.39 is 0 Å². The number of para-hydroxylation sites is 1. The van der Waals surface area contributed by atoms with Gasteiger partial charge in [-0.1, -0.05) is 41.4 Å². The zero-order valence-electron chi connectivity index (χ0n) is 17.1. The normalized spacial score (nSPS) is 11.1. The second kappa shape index (κ2) is 8.86. The number of amides is 1. The molecular formula is C22H15Cl2N7OS. The summed E-state index contributed by atoms with van der Waals surface area (Å²) in [6, 6.07) is 20.3. The highest BCUT2D eigenvalue weighted by Crippen LogP contribution is 2.31. The van der Waals surface area contributed by atoms with Gasteiger partial charge in [0.2, 0.25) is 5.16 Å². The number of carbonyl (C=O) groups excluding carboxylic acids is 1. The number of rotatable bonds is 4. The van der Waals surface area contributed by atoms with Gasteiger partial charge in [0.25, 0.3) is 5.24 Å². The quantitative estimate of drug-likeness (QED) is 0.314. The smallest absolute Gasteiger partial charge is 0.291 e. The van der Waals surface area contributed by atoms with Crippen molar-refractivity contribution >= 4 is 56.9 Å². The molecule has 0 atom stereocenters. The summed E-state index contributed by atoms with van der Waals surface area (Å²) in [6.07, 6.45) is 0. The Labute approximate surface area is 202 Å². The summed E-state index contributed by atoms with van der Waals surface area (Å²) in [7, 11) is 1.91. The Kier molecular flexibility index (Phi) is 5.76. The van der Waals surface area contributed by atoms with Crippen molar-refractivity contribution in [3.8, 4) is 17.1 Å². The Balaban J connectivity index is 1.32. The van der Waals surface area contributed by atoms with Crippen LogP contribution in [0.5, 0.6) is 0 Å². The van der Waals surface area contributed by atoms with E-state index in [4.69, 9.17) is 23.2 Å². The number of thioether (sulfide) groups is 1. The average molecular weight is 496 g/mol. The van der Waals surface area contributed by atoms with Crippen molar-refractivity contribution < 1.29 is 4.79 Å². The van der Waals surface area contributed by atoms with Gasteiger partial charge in [-0.3, -0.25) is 4.79 Å². The predicted molar refractivity (Wildman–Crippen MR) is 130 cm³/mol. The zero-order chi connectivity index (χ0) is 22.9. The van der Waals surface area contributed by atoms with Gasteiger partial charge in [-0.05, 0) is 59.0 Å². The molecule has 33 heavy (non-hydrogen) atoms. The molecule has 0 fully saturated rings. The Hall–Kier alpha value is -3.40. The summed E-state index contributed by atoms with van der Waals surface area (Å²) in [4.78, 5) is 17.2. The van der Waals surface area contributed by atoms with E-state index in [0.717, 1.165) is 39.9 Å². The molecule has 3 aromatic carbocycles. The minimum atomic E-state index is -0.304. The highest BCUT2D eigenvalue weighted by molar-refractivity contribution is 8.13. The van der Waals surface area contributed by atoms with Crippen molar-refractivity contribution in [3.05, 3.63) is 76.8 Å². The third-order valence-electron chi connectivity index (χ3n) is 4.94. The molecule has 0 aliphatic heterocycles. The summed E-state index contributed by atoms with van der Waals surface area (Å²) in [5, 5.41) is 15.4. The van der Waals surface area contributed by atoms with Crippen LogP contribution >= 0.6 is 35.0 Å². The molecule has 0 bridgehead atoms. The van der Waals surface area contributed by atoms with Gasteiger partial charge in [0, 0.05) is 30.1 Å². The third-order valence-corrected chi connectivity index (χ3v) is 6.38. The SMILES string of the molecule is Cn1c(-c2ccc(NC(=O)Sc3nnnn3-c3ccccc3)cc2)nc2cc(Cl)c(Cl)cc21. The van der Waals surface area contributed by atoms with Crippen LogP contribution in [-0.4, -0.2) is 35.0 Å². The lowest BCUT2D eigenvalue weighted by atomic mass is 10.2. The van der Waals surface area contributed by atoms with E-state index in [1.807, 2.05) is 66.2 Å². The van der Waals surface area contributed by atoms with E-state index in [0.29, 0.717) is 20.9 Å². The van der Waals surface area contributed by atoms with Gasteiger partial charge < -0.3 is 9.88 Å². The number of carbonyl (C=O) groups is 1. The second-order valence-corrected chi connectivity index (χ2v) is 8.80. The number of aryl methyl sites for hydroxylation is 1. The van der Waals surface area contributed by atoms with Crippen LogP contribution in [0.3, 0.4) is 0 Å². The number of imidazole rings is 1. The second-order valence-electron chi connectivity index (χ2n) is 7.05. The van der Waals surface area contributed by atoms with Crippen molar-refractivity contribution in [1.82, 2.24) is 29.8 Å². The molecule has 0 saturated carbocycles. The van der Waals surface area contributed by atoms with Crippen LogP contribution in [0.1, 0.15) is 0 Å². The highest BCUT2D eigenvalue weighted by atomic mass is 35.5. The first-order chi connectivity index (χ1) is 16.0. The van der Waals surface area contributed by atoms with Crippen LogP contribution < -0.4 is 5.32 Å². The van der Waals surface area contributed by atoms with E-state index in [1.165, 1.54) is 4.68 Å². The van der Waals surface area contributed by atoms with Crippen LogP contribution in [0.4, 0.5) is 10.5 Å². The zero-order valence-corrected chi connectivity index (χ0v) is 19.4. The fourth-order valence-electron chi connectivity index (χ4n) is 3.35. The molecule has 0 aliphatic rings. The monoisotopic (exact) mass is 495 g/mol. The van der Waals surface area contributed by atoms with Crippen LogP contribution in [-0.2, 0) is 7.05 Å². The number of aromatic nitrogens is 6. The molecule has 0 radical (unpaired) electrons. The van der Waals surface area contributed by atoms with Crippen molar-refractivity contribution in [2.24, 2.45) is 7.05 Å². The summed E-state index contributed by atoms with van der Waals surface area (Å²) < 4.78 is 3.46. The number of fused-ring (bicyclic) bond motifs is 1. The van der Waals surface area contributed by atoms with Gasteiger partial charge in [0.05, 0.1) is 26.8 Å². The molecule has 0 unspecified atom stereocenters. The molecule has 11 heteroatoms. The number of benzene rings is 3. The molecule has 0 aliphatic carbocycles. The van der Waals surface area contributed by atoms with Crippen LogP contribution in [0.25, 0.3) is 28.1 Å². The van der Waals surface area contributed by atoms with Gasteiger partial charge in [-0.2, -0.15) is 4.68 Å². The van der Waals surface area contributed by atoms with Crippen LogP contribution in [0.15, 0.2) is 71.9 Å². The van der Waals surface area contributed by atoms with Crippen molar-refractivity contribution in [3.63, 3.8) is 0 Å². The van der Waals surface area contributed by atoms with Gasteiger partial charge in [-0.15, -0.1) is 5.10 Å². The fourth-order valence-corrected chi connectivity index (χ4v) is 4.30. The molecule has 2 aromatic heterocycles. The van der Waals surface area contributed by atoms with Crippen LogP contribution in [0, 0.1) is 0 Å². The first kappa shape index (κ1) is 21.4. The first-order valence-electron chi connectivity index (χ1n) is 9.74. The number of tetrazole rings is 1. The van der Waals surface area contributed by atoms with Gasteiger partial charge in [0.1, 0.15) is 5.82 Å². The molecular weight excluding hydrogens is 481 g/mol. The largest absolute Gasteiger partial charge is 0.327 e. The average Bonchev–Trinajstić information content (AvgIpc) is 3.40.